The van der Waals surface area contributed by atoms with Crippen LogP contribution in [0.25, 0.3) is 0 Å². The maximum absolute atomic E-state index is 13.3. The Bertz CT molecular complexity index is 743. The molecule has 2 aromatic carbocycles. The molecule has 2 aromatic rings. The van der Waals surface area contributed by atoms with Gasteiger partial charge < -0.3 is 10.6 Å². The zero-order valence-electron chi connectivity index (χ0n) is 13.6. The number of amides is 1. The molecule has 0 unspecified atom stereocenters. The maximum atomic E-state index is 13.3. The number of benzene rings is 2. The summed E-state index contributed by atoms with van der Waals surface area (Å²) in [6.07, 6.45) is 2.64. The molecule has 1 fully saturated rings. The fourth-order valence-corrected chi connectivity index (χ4v) is 3.40. The van der Waals surface area contributed by atoms with Crippen LogP contribution in [0.2, 0.25) is 10.0 Å². The van der Waals surface area contributed by atoms with E-state index in [2.05, 4.69) is 16.7 Å². The Kier molecular flexibility index (Phi) is 5.94. The Hall–Kier alpha value is -1.62. The van der Waals surface area contributed by atoms with Gasteiger partial charge in [0.05, 0.1) is 0 Å². The van der Waals surface area contributed by atoms with Crippen molar-refractivity contribution in [1.82, 2.24) is 10.6 Å². The summed E-state index contributed by atoms with van der Waals surface area (Å²) < 4.78 is 13.3. The van der Waals surface area contributed by atoms with E-state index in [0.717, 1.165) is 30.8 Å². The molecule has 3 nitrogen and oxygen atoms in total. The predicted octanol–water partition coefficient (Wildman–Crippen LogP) is 4.23. The van der Waals surface area contributed by atoms with Crippen molar-refractivity contribution in [3.05, 3.63) is 69.5 Å². The SMILES string of the molecule is O=C(N[C@H]1C[C@H](NCCc2cccc(Cl)c2)C1)c1cc(F)cc(Cl)c1. The van der Waals surface area contributed by atoms with E-state index < -0.39 is 5.82 Å². The summed E-state index contributed by atoms with van der Waals surface area (Å²) in [5.74, 6) is -0.796. The molecular formula is C19H19Cl2FN2O. The standard InChI is InChI=1S/C19H19Cl2FN2O/c20-14-3-1-2-12(6-14)4-5-23-17-10-18(11-17)24-19(25)13-7-15(21)9-16(22)8-13/h1-3,6-9,17-18,23H,4-5,10-11H2,(H,24,25)/t17-,18-. The summed E-state index contributed by atoms with van der Waals surface area (Å²) in [4.78, 5) is 12.1. The van der Waals surface area contributed by atoms with Crippen molar-refractivity contribution in [2.45, 2.75) is 31.3 Å². The van der Waals surface area contributed by atoms with Crippen LogP contribution in [0.1, 0.15) is 28.8 Å². The molecule has 0 saturated heterocycles. The predicted molar refractivity (Wildman–Crippen MR) is 98.8 cm³/mol. The van der Waals surface area contributed by atoms with E-state index >= 15 is 0 Å². The first-order chi connectivity index (χ1) is 12.0. The smallest absolute Gasteiger partial charge is 0.251 e. The Morgan fingerprint density at radius 3 is 2.60 bits per heavy atom. The molecule has 25 heavy (non-hydrogen) atoms. The molecule has 0 heterocycles. The minimum absolute atomic E-state index is 0.109. The van der Waals surface area contributed by atoms with Crippen LogP contribution in [0.4, 0.5) is 4.39 Å². The number of nitrogens with one attached hydrogen (secondary N) is 2. The summed E-state index contributed by atoms with van der Waals surface area (Å²) in [6.45, 7) is 0.866. The van der Waals surface area contributed by atoms with Gasteiger partial charge in [-0.05, 0) is 61.7 Å². The lowest BCUT2D eigenvalue weighted by Gasteiger charge is -2.36. The number of halogens is 3. The van der Waals surface area contributed by atoms with Gasteiger partial charge in [0.1, 0.15) is 5.82 Å². The lowest BCUT2D eigenvalue weighted by Crippen LogP contribution is -2.52. The number of carbonyl (C=O) groups excluding carboxylic acids is 1. The van der Waals surface area contributed by atoms with Crippen LogP contribution in [-0.4, -0.2) is 24.5 Å². The second-order valence-electron chi connectivity index (χ2n) is 6.33. The number of rotatable bonds is 6. The first-order valence-electron chi connectivity index (χ1n) is 8.24. The number of carbonyl (C=O) groups is 1. The topological polar surface area (TPSA) is 41.1 Å². The van der Waals surface area contributed by atoms with Crippen LogP contribution in [0.15, 0.2) is 42.5 Å². The molecular weight excluding hydrogens is 362 g/mol. The van der Waals surface area contributed by atoms with Gasteiger partial charge in [-0.2, -0.15) is 0 Å². The van der Waals surface area contributed by atoms with Gasteiger partial charge in [0.15, 0.2) is 0 Å². The molecule has 6 heteroatoms. The van der Waals surface area contributed by atoms with E-state index in [-0.39, 0.29) is 22.5 Å². The van der Waals surface area contributed by atoms with Crippen molar-refractivity contribution < 1.29 is 9.18 Å². The largest absolute Gasteiger partial charge is 0.349 e. The molecule has 0 bridgehead atoms. The van der Waals surface area contributed by atoms with Crippen molar-refractivity contribution in [1.29, 1.82) is 0 Å². The van der Waals surface area contributed by atoms with Crippen LogP contribution in [0.5, 0.6) is 0 Å². The van der Waals surface area contributed by atoms with Crippen molar-refractivity contribution in [3.63, 3.8) is 0 Å². The summed E-state index contributed by atoms with van der Waals surface area (Å²) in [7, 11) is 0. The Labute approximate surface area is 156 Å². The highest BCUT2D eigenvalue weighted by atomic mass is 35.5. The molecule has 3 rings (SSSR count). The highest BCUT2D eigenvalue weighted by Gasteiger charge is 2.30. The van der Waals surface area contributed by atoms with Gasteiger partial charge in [0.25, 0.3) is 5.91 Å². The summed E-state index contributed by atoms with van der Waals surface area (Å²) in [6, 6.07) is 12.2. The highest BCUT2D eigenvalue weighted by molar-refractivity contribution is 6.31. The third kappa shape index (κ3) is 5.18. The van der Waals surface area contributed by atoms with E-state index in [1.54, 1.807) is 0 Å². The molecule has 0 aliphatic heterocycles. The van der Waals surface area contributed by atoms with E-state index in [9.17, 15) is 9.18 Å². The van der Waals surface area contributed by atoms with Gasteiger partial charge in [-0.1, -0.05) is 35.3 Å². The molecule has 132 valence electrons. The lowest BCUT2D eigenvalue weighted by atomic mass is 9.86. The molecule has 0 radical (unpaired) electrons. The second kappa shape index (κ2) is 8.17. The van der Waals surface area contributed by atoms with Gasteiger partial charge in [-0.3, -0.25) is 4.79 Å². The molecule has 1 aliphatic rings. The Morgan fingerprint density at radius 2 is 1.88 bits per heavy atom. The quantitative estimate of drug-likeness (QED) is 0.787. The van der Waals surface area contributed by atoms with Gasteiger partial charge in [0, 0.05) is 27.7 Å². The normalized spacial score (nSPS) is 19.3. The molecule has 1 amide bonds. The van der Waals surface area contributed by atoms with Crippen molar-refractivity contribution in [3.8, 4) is 0 Å². The van der Waals surface area contributed by atoms with E-state index in [0.29, 0.717) is 6.04 Å². The minimum Gasteiger partial charge on any atom is -0.349 e. The molecule has 0 atom stereocenters. The van der Waals surface area contributed by atoms with Crippen LogP contribution < -0.4 is 10.6 Å². The Morgan fingerprint density at radius 1 is 1.08 bits per heavy atom. The average molecular weight is 381 g/mol. The van der Waals surface area contributed by atoms with E-state index in [1.807, 2.05) is 18.2 Å². The summed E-state index contributed by atoms with van der Waals surface area (Å²) in [5.41, 5.74) is 1.45. The third-order valence-corrected chi connectivity index (χ3v) is 4.79. The number of hydrogen-bond acceptors (Lipinski definition) is 2. The van der Waals surface area contributed by atoms with E-state index in [4.69, 9.17) is 23.2 Å². The van der Waals surface area contributed by atoms with Gasteiger partial charge in [0.2, 0.25) is 0 Å². The first kappa shape index (κ1) is 18.2. The maximum Gasteiger partial charge on any atom is 0.251 e. The lowest BCUT2D eigenvalue weighted by molar-refractivity contribution is 0.0902. The zero-order chi connectivity index (χ0) is 17.8. The summed E-state index contributed by atoms with van der Waals surface area (Å²) in [5, 5.41) is 7.36. The minimum atomic E-state index is -0.508. The van der Waals surface area contributed by atoms with Crippen molar-refractivity contribution in [2.24, 2.45) is 0 Å². The van der Waals surface area contributed by atoms with Crippen LogP contribution >= 0.6 is 23.2 Å². The zero-order valence-corrected chi connectivity index (χ0v) is 15.1. The fourth-order valence-electron chi connectivity index (χ4n) is 2.97. The number of hydrogen-bond donors (Lipinski definition) is 2. The van der Waals surface area contributed by atoms with Gasteiger partial charge in [-0.15, -0.1) is 0 Å². The van der Waals surface area contributed by atoms with Gasteiger partial charge >= 0.3 is 0 Å². The first-order valence-corrected chi connectivity index (χ1v) is 9.00. The van der Waals surface area contributed by atoms with Crippen LogP contribution in [0.3, 0.4) is 0 Å². The summed E-state index contributed by atoms with van der Waals surface area (Å²) >= 11 is 11.8. The molecule has 1 aliphatic carbocycles. The van der Waals surface area contributed by atoms with Gasteiger partial charge in [-0.25, -0.2) is 4.39 Å². The molecule has 2 N–H and O–H groups in total. The van der Waals surface area contributed by atoms with Crippen molar-refractivity contribution in [2.75, 3.05) is 6.54 Å². The third-order valence-electron chi connectivity index (χ3n) is 4.33. The van der Waals surface area contributed by atoms with Crippen molar-refractivity contribution >= 4 is 29.1 Å². The fraction of sp³-hybridized carbons (Fsp3) is 0.316. The molecule has 0 aromatic heterocycles. The average Bonchev–Trinajstić information content (AvgIpc) is 2.51. The van der Waals surface area contributed by atoms with Crippen LogP contribution in [-0.2, 0) is 6.42 Å². The van der Waals surface area contributed by atoms with E-state index in [1.165, 1.54) is 23.8 Å². The monoisotopic (exact) mass is 380 g/mol. The van der Waals surface area contributed by atoms with Crippen LogP contribution in [0, 0.1) is 5.82 Å². The Balaban J connectivity index is 1.38. The second-order valence-corrected chi connectivity index (χ2v) is 7.20. The molecule has 1 saturated carbocycles. The molecule has 0 spiro atoms. The highest BCUT2D eigenvalue weighted by Crippen LogP contribution is 2.21.